The summed E-state index contributed by atoms with van der Waals surface area (Å²) in [7, 11) is 0. The van der Waals surface area contributed by atoms with Gasteiger partial charge < -0.3 is 9.47 Å². The maximum atomic E-state index is 6.19. The quantitative estimate of drug-likeness (QED) is 0.223. The lowest BCUT2D eigenvalue weighted by Gasteiger charge is -2.26. The third kappa shape index (κ3) is 22.1. The van der Waals surface area contributed by atoms with Crippen molar-refractivity contribution in [3.63, 3.8) is 0 Å². The van der Waals surface area contributed by atoms with E-state index < -0.39 is 0 Å². The van der Waals surface area contributed by atoms with E-state index in [1.165, 1.54) is 64.2 Å². The van der Waals surface area contributed by atoms with Gasteiger partial charge in [-0.15, -0.1) is 0 Å². The van der Waals surface area contributed by atoms with E-state index >= 15 is 0 Å². The Morgan fingerprint density at radius 3 is 1.59 bits per heavy atom. The van der Waals surface area contributed by atoms with Crippen molar-refractivity contribution in [2.75, 3.05) is 19.8 Å². The van der Waals surface area contributed by atoms with Gasteiger partial charge in [0.15, 0.2) is 0 Å². The molecule has 0 rings (SSSR count). The van der Waals surface area contributed by atoms with Gasteiger partial charge in [0.1, 0.15) is 0 Å². The van der Waals surface area contributed by atoms with E-state index in [1.807, 2.05) is 0 Å². The largest absolute Gasteiger partial charge is 0.379 e. The van der Waals surface area contributed by atoms with E-state index in [9.17, 15) is 0 Å². The molecule has 0 aromatic rings. The van der Waals surface area contributed by atoms with Gasteiger partial charge >= 0.3 is 0 Å². The Morgan fingerprint density at radius 2 is 1.11 bits per heavy atom. The van der Waals surface area contributed by atoms with Gasteiger partial charge in [-0.05, 0) is 36.5 Å². The van der Waals surface area contributed by atoms with Crippen molar-refractivity contribution in [1.82, 2.24) is 0 Å². The van der Waals surface area contributed by atoms with Gasteiger partial charge in [-0.2, -0.15) is 0 Å². The van der Waals surface area contributed by atoms with Crippen LogP contribution in [0.5, 0.6) is 0 Å². The van der Waals surface area contributed by atoms with Crippen LogP contribution in [0.25, 0.3) is 0 Å². The zero-order valence-electron chi connectivity index (χ0n) is 19.9. The molecule has 0 spiro atoms. The molecule has 1 atom stereocenters. The Labute approximate surface area is 172 Å². The fraction of sp³-hybridized carbons (Fsp3) is 1.00. The second-order valence-electron chi connectivity index (χ2n) is 10.5. The Hall–Kier alpha value is -0.0800. The summed E-state index contributed by atoms with van der Waals surface area (Å²) in [4.78, 5) is 0. The van der Waals surface area contributed by atoms with E-state index in [1.54, 1.807) is 0 Å². The summed E-state index contributed by atoms with van der Waals surface area (Å²) in [5.41, 5.74) is 0.294. The van der Waals surface area contributed by atoms with Crippen LogP contribution in [-0.2, 0) is 9.47 Å². The average molecular weight is 385 g/mol. The molecular formula is C25H52O2. The Bertz CT molecular complexity index is 304. The molecule has 0 N–H and O–H groups in total. The summed E-state index contributed by atoms with van der Waals surface area (Å²) in [6, 6.07) is 0. The minimum absolute atomic E-state index is 0.251. The van der Waals surface area contributed by atoms with E-state index in [0.717, 1.165) is 38.1 Å². The fourth-order valence-corrected chi connectivity index (χ4v) is 3.43. The van der Waals surface area contributed by atoms with Crippen molar-refractivity contribution in [2.24, 2.45) is 17.3 Å². The molecule has 0 radical (unpaired) electrons. The molecule has 0 heterocycles. The third-order valence-electron chi connectivity index (χ3n) is 4.99. The fourth-order valence-electron chi connectivity index (χ4n) is 3.43. The molecule has 0 amide bonds. The normalized spacial score (nSPS) is 13.7. The smallest absolute Gasteiger partial charge is 0.0813 e. The first-order valence-electron chi connectivity index (χ1n) is 11.9. The van der Waals surface area contributed by atoms with E-state index in [0.29, 0.717) is 5.41 Å². The average Bonchev–Trinajstić information content (AvgIpc) is 2.54. The van der Waals surface area contributed by atoms with Crippen LogP contribution in [0.15, 0.2) is 0 Å². The second-order valence-corrected chi connectivity index (χ2v) is 10.5. The van der Waals surface area contributed by atoms with Gasteiger partial charge in [0.2, 0.25) is 0 Å². The predicted octanol–water partition coefficient (Wildman–Crippen LogP) is 8.04. The van der Waals surface area contributed by atoms with Crippen LogP contribution in [0, 0.1) is 17.3 Å². The predicted molar refractivity (Wildman–Crippen MR) is 120 cm³/mol. The first-order chi connectivity index (χ1) is 12.7. The van der Waals surface area contributed by atoms with Gasteiger partial charge in [-0.3, -0.25) is 0 Å². The lowest BCUT2D eigenvalue weighted by Crippen LogP contribution is -2.26. The first-order valence-corrected chi connectivity index (χ1v) is 11.9. The lowest BCUT2D eigenvalue weighted by atomic mass is 9.89. The van der Waals surface area contributed by atoms with Crippen LogP contribution in [-0.4, -0.2) is 25.9 Å². The zero-order chi connectivity index (χ0) is 20.5. The maximum Gasteiger partial charge on any atom is 0.0813 e. The summed E-state index contributed by atoms with van der Waals surface area (Å²) in [5.74, 6) is 1.68. The molecule has 0 bridgehead atoms. The maximum absolute atomic E-state index is 6.19. The minimum Gasteiger partial charge on any atom is -0.379 e. The van der Waals surface area contributed by atoms with Crippen LogP contribution in [0.2, 0.25) is 0 Å². The minimum atomic E-state index is 0.251. The number of hydrogen-bond donors (Lipinski definition) is 0. The highest BCUT2D eigenvalue weighted by Crippen LogP contribution is 2.23. The third-order valence-corrected chi connectivity index (χ3v) is 4.99. The summed E-state index contributed by atoms with van der Waals surface area (Å²) in [6.07, 6.45) is 14.5. The van der Waals surface area contributed by atoms with E-state index in [-0.39, 0.29) is 6.10 Å². The van der Waals surface area contributed by atoms with Gasteiger partial charge in [-0.1, -0.05) is 99.8 Å². The highest BCUT2D eigenvalue weighted by molar-refractivity contribution is 4.69. The molecule has 0 aliphatic rings. The number of unbranched alkanes of at least 4 members (excludes halogenated alkanes) is 6. The molecule has 0 saturated heterocycles. The number of rotatable bonds is 18. The van der Waals surface area contributed by atoms with Crippen molar-refractivity contribution in [1.29, 1.82) is 0 Å². The van der Waals surface area contributed by atoms with Gasteiger partial charge in [-0.25, -0.2) is 0 Å². The highest BCUT2D eigenvalue weighted by atomic mass is 16.5. The van der Waals surface area contributed by atoms with Crippen molar-refractivity contribution >= 4 is 0 Å². The molecular weight excluding hydrogens is 332 g/mol. The Balaban J connectivity index is 3.79. The summed E-state index contributed by atoms with van der Waals surface area (Å²) >= 11 is 0. The monoisotopic (exact) mass is 384 g/mol. The molecule has 0 aliphatic carbocycles. The molecule has 0 aromatic heterocycles. The zero-order valence-corrected chi connectivity index (χ0v) is 19.9. The molecule has 1 unspecified atom stereocenters. The van der Waals surface area contributed by atoms with Crippen molar-refractivity contribution in [3.05, 3.63) is 0 Å². The van der Waals surface area contributed by atoms with Crippen LogP contribution in [0.3, 0.4) is 0 Å². The van der Waals surface area contributed by atoms with Crippen LogP contribution in [0.4, 0.5) is 0 Å². The number of ether oxygens (including phenoxy) is 2. The van der Waals surface area contributed by atoms with Crippen molar-refractivity contribution in [3.8, 4) is 0 Å². The summed E-state index contributed by atoms with van der Waals surface area (Å²) < 4.78 is 12.2. The first kappa shape index (κ1) is 26.9. The molecule has 164 valence electrons. The molecule has 27 heavy (non-hydrogen) atoms. The Kier molecular flexibility index (Phi) is 16.8. The molecule has 2 heteroatoms. The SMILES string of the molecule is CC(C)CCCCCCOCC(CC(C)(C)C)OCCCCCCC(C)C. The van der Waals surface area contributed by atoms with Gasteiger partial charge in [0, 0.05) is 13.2 Å². The second kappa shape index (κ2) is 16.8. The van der Waals surface area contributed by atoms with Gasteiger partial charge in [0.05, 0.1) is 12.7 Å². The van der Waals surface area contributed by atoms with Crippen LogP contribution >= 0.6 is 0 Å². The standard InChI is InChI=1S/C25H52O2/c1-22(2)16-12-8-10-14-18-26-21-24(20-25(5,6)7)27-19-15-11-9-13-17-23(3)4/h22-24H,8-21H2,1-7H3. The number of hydrogen-bond acceptors (Lipinski definition) is 2. The highest BCUT2D eigenvalue weighted by Gasteiger charge is 2.19. The molecule has 2 nitrogen and oxygen atoms in total. The summed E-state index contributed by atoms with van der Waals surface area (Å²) in [6.45, 7) is 18.7. The molecule has 0 aromatic carbocycles. The summed E-state index contributed by atoms with van der Waals surface area (Å²) in [5, 5.41) is 0. The lowest BCUT2D eigenvalue weighted by molar-refractivity contribution is -0.0363. The van der Waals surface area contributed by atoms with Crippen LogP contribution in [0.1, 0.15) is 119 Å². The topological polar surface area (TPSA) is 18.5 Å². The van der Waals surface area contributed by atoms with Crippen molar-refractivity contribution in [2.45, 2.75) is 125 Å². The van der Waals surface area contributed by atoms with Crippen LogP contribution < -0.4 is 0 Å². The Morgan fingerprint density at radius 1 is 0.630 bits per heavy atom. The van der Waals surface area contributed by atoms with Crippen molar-refractivity contribution < 1.29 is 9.47 Å². The molecule has 0 aliphatic heterocycles. The molecule has 0 fully saturated rings. The molecule has 0 saturated carbocycles. The van der Waals surface area contributed by atoms with E-state index in [4.69, 9.17) is 9.47 Å². The van der Waals surface area contributed by atoms with Gasteiger partial charge in [0.25, 0.3) is 0 Å². The van der Waals surface area contributed by atoms with E-state index in [2.05, 4.69) is 48.5 Å².